The largest absolute Gasteiger partial charge is 0.445 e. The van der Waals surface area contributed by atoms with Crippen LogP contribution in [0.25, 0.3) is 0 Å². The Morgan fingerprint density at radius 1 is 1.11 bits per heavy atom. The molecule has 6 heteroatoms. The van der Waals surface area contributed by atoms with Gasteiger partial charge in [0.2, 0.25) is 5.91 Å². The molecule has 1 N–H and O–H groups in total. The lowest BCUT2D eigenvalue weighted by Gasteiger charge is -2.48. The van der Waals surface area contributed by atoms with Crippen molar-refractivity contribution in [2.24, 2.45) is 5.92 Å². The number of nitrogens with zero attached hydrogens (tertiary/aromatic N) is 2. The second-order valence-corrected chi connectivity index (χ2v) is 8.27. The Morgan fingerprint density at radius 3 is 2.41 bits per heavy atom. The first-order valence-electron chi connectivity index (χ1n) is 9.82. The Kier molecular flexibility index (Phi) is 6.05. The highest BCUT2D eigenvalue weighted by atomic mass is 16.6. The number of benzene rings is 1. The van der Waals surface area contributed by atoms with E-state index in [1.165, 1.54) is 0 Å². The fraction of sp³-hybridized carbons (Fsp3) is 0.619. The molecule has 3 rings (SSSR count). The lowest BCUT2D eigenvalue weighted by atomic mass is 9.85. The second kappa shape index (κ2) is 8.30. The molecule has 148 valence electrons. The van der Waals surface area contributed by atoms with E-state index in [1.54, 1.807) is 4.90 Å². The summed E-state index contributed by atoms with van der Waals surface area (Å²) in [6.45, 7) is 5.72. The van der Waals surface area contributed by atoms with Gasteiger partial charge in [-0.3, -0.25) is 4.79 Å². The van der Waals surface area contributed by atoms with Gasteiger partial charge in [-0.1, -0.05) is 30.3 Å². The number of piperazine rings is 1. The third kappa shape index (κ3) is 4.80. The zero-order chi connectivity index (χ0) is 19.4. The van der Waals surface area contributed by atoms with E-state index in [2.05, 4.69) is 0 Å². The van der Waals surface area contributed by atoms with Gasteiger partial charge in [-0.05, 0) is 45.1 Å². The molecule has 1 aliphatic heterocycles. The molecule has 2 fully saturated rings. The lowest BCUT2D eigenvalue weighted by Crippen LogP contribution is -2.63. The number of hydrogen-bond acceptors (Lipinski definition) is 4. The maximum absolute atomic E-state index is 13.0. The number of carbonyl (C=O) groups excluding carboxylic acids is 2. The van der Waals surface area contributed by atoms with Crippen LogP contribution in [0.15, 0.2) is 30.3 Å². The van der Waals surface area contributed by atoms with Crippen molar-refractivity contribution < 1.29 is 19.4 Å². The van der Waals surface area contributed by atoms with Crippen LogP contribution in [-0.4, -0.2) is 58.2 Å². The summed E-state index contributed by atoms with van der Waals surface area (Å²) in [4.78, 5) is 29.0. The monoisotopic (exact) mass is 374 g/mol. The molecule has 27 heavy (non-hydrogen) atoms. The Bertz CT molecular complexity index is 653. The maximum atomic E-state index is 13.0. The summed E-state index contributed by atoms with van der Waals surface area (Å²) in [5.74, 6) is 0.147. The van der Waals surface area contributed by atoms with Crippen LogP contribution in [0, 0.1) is 5.92 Å². The molecule has 1 saturated carbocycles. The Labute approximate surface area is 161 Å². The van der Waals surface area contributed by atoms with Crippen molar-refractivity contribution in [3.63, 3.8) is 0 Å². The normalized spacial score (nSPS) is 25.1. The highest BCUT2D eigenvalue weighted by Gasteiger charge is 2.41. The van der Waals surface area contributed by atoms with E-state index in [0.29, 0.717) is 32.5 Å². The highest BCUT2D eigenvalue weighted by molar-refractivity contribution is 5.80. The molecule has 2 aliphatic rings. The summed E-state index contributed by atoms with van der Waals surface area (Å²) in [5, 5.41) is 9.67. The molecule has 0 bridgehead atoms. The molecule has 0 spiro atoms. The molecule has 1 saturated heterocycles. The van der Waals surface area contributed by atoms with Gasteiger partial charge in [0.05, 0.1) is 11.6 Å². The Balaban J connectivity index is 1.54. The molecule has 6 nitrogen and oxygen atoms in total. The van der Waals surface area contributed by atoms with Crippen LogP contribution in [0.4, 0.5) is 4.79 Å². The highest BCUT2D eigenvalue weighted by Crippen LogP contribution is 2.30. The van der Waals surface area contributed by atoms with Crippen molar-refractivity contribution in [1.82, 2.24) is 9.80 Å². The second-order valence-electron chi connectivity index (χ2n) is 8.27. The summed E-state index contributed by atoms with van der Waals surface area (Å²) in [7, 11) is 0. The van der Waals surface area contributed by atoms with Crippen LogP contribution in [0.1, 0.15) is 45.1 Å². The molecule has 1 heterocycles. The van der Waals surface area contributed by atoms with Gasteiger partial charge in [-0.15, -0.1) is 0 Å². The molecule has 1 aromatic rings. The topological polar surface area (TPSA) is 70.1 Å². The third-order valence-corrected chi connectivity index (χ3v) is 5.68. The van der Waals surface area contributed by atoms with E-state index in [0.717, 1.165) is 18.4 Å². The number of aliphatic hydroxyl groups is 1. The number of hydrogen-bond donors (Lipinski definition) is 1. The standard InChI is InChI=1S/C21H30N2O4/c1-21(2)15-22(20(26)27-14-16-6-4-3-5-7-16)12-13-23(21)19(25)17-8-10-18(24)11-9-17/h3-7,17-18,24H,8-15H2,1-2H3. The van der Waals surface area contributed by atoms with Crippen LogP contribution in [-0.2, 0) is 16.1 Å². The zero-order valence-corrected chi connectivity index (χ0v) is 16.3. The summed E-state index contributed by atoms with van der Waals surface area (Å²) in [6.07, 6.45) is 2.29. The van der Waals surface area contributed by atoms with Crippen LogP contribution in [0.3, 0.4) is 0 Å². The first-order chi connectivity index (χ1) is 12.9. The minimum atomic E-state index is -0.433. The smallest absolute Gasteiger partial charge is 0.410 e. The summed E-state index contributed by atoms with van der Waals surface area (Å²) < 4.78 is 5.44. The van der Waals surface area contributed by atoms with Gasteiger partial charge in [0.15, 0.2) is 0 Å². The molecule has 0 radical (unpaired) electrons. The third-order valence-electron chi connectivity index (χ3n) is 5.68. The molecule has 0 atom stereocenters. The summed E-state index contributed by atoms with van der Waals surface area (Å²) >= 11 is 0. The van der Waals surface area contributed by atoms with Crippen molar-refractivity contribution in [1.29, 1.82) is 0 Å². The van der Waals surface area contributed by atoms with Crippen molar-refractivity contribution >= 4 is 12.0 Å². The predicted octanol–water partition coefficient (Wildman–Crippen LogP) is 2.80. The average Bonchev–Trinajstić information content (AvgIpc) is 2.66. The first kappa shape index (κ1) is 19.7. The number of ether oxygens (including phenoxy) is 1. The Morgan fingerprint density at radius 2 is 1.78 bits per heavy atom. The van der Waals surface area contributed by atoms with Crippen LogP contribution in [0.5, 0.6) is 0 Å². The van der Waals surface area contributed by atoms with E-state index < -0.39 is 5.54 Å². The number of rotatable bonds is 3. The van der Waals surface area contributed by atoms with Gasteiger partial charge in [-0.2, -0.15) is 0 Å². The molecule has 0 aromatic heterocycles. The van der Waals surface area contributed by atoms with E-state index in [4.69, 9.17) is 4.74 Å². The molecule has 0 unspecified atom stereocenters. The minimum Gasteiger partial charge on any atom is -0.445 e. The van der Waals surface area contributed by atoms with Gasteiger partial charge in [0.25, 0.3) is 0 Å². The van der Waals surface area contributed by atoms with Crippen molar-refractivity contribution in [3.8, 4) is 0 Å². The number of amides is 2. The maximum Gasteiger partial charge on any atom is 0.410 e. The van der Waals surface area contributed by atoms with E-state index >= 15 is 0 Å². The van der Waals surface area contributed by atoms with Crippen LogP contribution in [0.2, 0.25) is 0 Å². The van der Waals surface area contributed by atoms with Gasteiger partial charge >= 0.3 is 6.09 Å². The van der Waals surface area contributed by atoms with Gasteiger partial charge in [0.1, 0.15) is 6.61 Å². The lowest BCUT2D eigenvalue weighted by molar-refractivity contribution is -0.146. The van der Waals surface area contributed by atoms with Gasteiger partial charge in [0, 0.05) is 25.6 Å². The van der Waals surface area contributed by atoms with Crippen LogP contribution < -0.4 is 0 Å². The molecule has 2 amide bonds. The van der Waals surface area contributed by atoms with E-state index in [1.807, 2.05) is 49.1 Å². The number of carbonyl (C=O) groups is 2. The van der Waals surface area contributed by atoms with E-state index in [-0.39, 0.29) is 30.6 Å². The quantitative estimate of drug-likeness (QED) is 0.883. The molecular weight excluding hydrogens is 344 g/mol. The number of aliphatic hydroxyl groups excluding tert-OH is 1. The van der Waals surface area contributed by atoms with Gasteiger partial charge < -0.3 is 19.6 Å². The minimum absolute atomic E-state index is 0.00995. The van der Waals surface area contributed by atoms with Crippen molar-refractivity contribution in [2.75, 3.05) is 19.6 Å². The van der Waals surface area contributed by atoms with Crippen molar-refractivity contribution in [3.05, 3.63) is 35.9 Å². The SMILES string of the molecule is CC1(C)CN(C(=O)OCc2ccccc2)CCN1C(=O)C1CCC(O)CC1. The van der Waals surface area contributed by atoms with Crippen LogP contribution >= 0.6 is 0 Å². The average molecular weight is 374 g/mol. The predicted molar refractivity (Wildman–Crippen MR) is 102 cm³/mol. The van der Waals surface area contributed by atoms with E-state index in [9.17, 15) is 14.7 Å². The zero-order valence-electron chi connectivity index (χ0n) is 16.3. The summed E-state index contributed by atoms with van der Waals surface area (Å²) in [6, 6.07) is 9.61. The molecule has 1 aromatic carbocycles. The fourth-order valence-electron chi connectivity index (χ4n) is 4.07. The first-order valence-corrected chi connectivity index (χ1v) is 9.82. The molecule has 1 aliphatic carbocycles. The Hall–Kier alpha value is -2.08. The summed E-state index contributed by atoms with van der Waals surface area (Å²) in [5.41, 5.74) is 0.523. The molecular formula is C21H30N2O4. The van der Waals surface area contributed by atoms with Gasteiger partial charge in [-0.25, -0.2) is 4.79 Å². The van der Waals surface area contributed by atoms with Crippen molar-refractivity contribution in [2.45, 2.75) is 57.8 Å². The fourth-order valence-corrected chi connectivity index (χ4v) is 4.07.